The number of aliphatic hydroxyl groups excluding tert-OH is 1. The molecular formula is C75H136O17P2. The first-order valence-corrected chi connectivity index (χ1v) is 40.5. The van der Waals surface area contributed by atoms with Crippen molar-refractivity contribution in [2.24, 2.45) is 0 Å². The molecule has 0 saturated carbocycles. The molecule has 5 atom stereocenters. The molecule has 0 saturated heterocycles. The van der Waals surface area contributed by atoms with E-state index in [0.717, 1.165) is 167 Å². The van der Waals surface area contributed by atoms with E-state index in [4.69, 9.17) is 37.0 Å². The van der Waals surface area contributed by atoms with Crippen LogP contribution in [0.1, 0.15) is 336 Å². The average Bonchev–Trinajstić information content (AvgIpc) is 1.22. The highest BCUT2D eigenvalue weighted by Gasteiger charge is 2.30. The van der Waals surface area contributed by atoms with E-state index < -0.39 is 97.5 Å². The monoisotopic (exact) mass is 1370 g/mol. The second-order valence-corrected chi connectivity index (χ2v) is 28.1. The Morgan fingerprint density at radius 1 is 0.298 bits per heavy atom. The average molecular weight is 1370 g/mol. The van der Waals surface area contributed by atoms with Crippen LogP contribution in [0.3, 0.4) is 0 Å². The fraction of sp³-hybridized carbons (Fsp3) is 0.813. The Bertz CT molecular complexity index is 2030. The minimum atomic E-state index is -4.97. The van der Waals surface area contributed by atoms with Gasteiger partial charge in [0.25, 0.3) is 0 Å². The topological polar surface area (TPSA) is 237 Å². The molecule has 0 bridgehead atoms. The van der Waals surface area contributed by atoms with Gasteiger partial charge in [-0.25, -0.2) is 9.13 Å². The number of allylic oxidation sites excluding steroid dienone is 10. The van der Waals surface area contributed by atoms with E-state index in [1.165, 1.54) is 89.9 Å². The van der Waals surface area contributed by atoms with Crippen molar-refractivity contribution in [1.82, 2.24) is 0 Å². The minimum absolute atomic E-state index is 0.0802. The predicted molar refractivity (Wildman–Crippen MR) is 381 cm³/mol. The van der Waals surface area contributed by atoms with Crippen LogP contribution in [0.15, 0.2) is 60.8 Å². The van der Waals surface area contributed by atoms with Gasteiger partial charge in [-0.2, -0.15) is 0 Å². The minimum Gasteiger partial charge on any atom is -0.462 e. The van der Waals surface area contributed by atoms with Crippen LogP contribution in [-0.2, 0) is 65.4 Å². The summed E-state index contributed by atoms with van der Waals surface area (Å²) < 4.78 is 68.3. The maximum Gasteiger partial charge on any atom is 0.472 e. The van der Waals surface area contributed by atoms with Gasteiger partial charge < -0.3 is 33.8 Å². The first-order chi connectivity index (χ1) is 45.7. The quantitative estimate of drug-likeness (QED) is 0.0169. The van der Waals surface area contributed by atoms with Crippen LogP contribution in [0.25, 0.3) is 0 Å². The lowest BCUT2D eigenvalue weighted by atomic mass is 10.1. The third-order valence-electron chi connectivity index (χ3n) is 15.9. The molecule has 19 heteroatoms. The van der Waals surface area contributed by atoms with Gasteiger partial charge in [-0.3, -0.25) is 37.3 Å². The largest absolute Gasteiger partial charge is 0.472 e. The first kappa shape index (κ1) is 90.8. The lowest BCUT2D eigenvalue weighted by molar-refractivity contribution is -0.161. The SMILES string of the molecule is CCC/C=C\C/C=C\CCCCCCCC(=O)OC(COC(=O)CCCCCCC/C=C\CCCCCCCC)COP(=O)(O)OCC(O)COP(=O)(O)OCC(COC(=O)CCCCCCC/C=C\CCCCCCCC)OC(=O)CCCCCCC/C=C\CCCC. The number of esters is 4. The Hall–Kier alpha value is -3.24. The third kappa shape index (κ3) is 67.3. The van der Waals surface area contributed by atoms with E-state index >= 15 is 0 Å². The van der Waals surface area contributed by atoms with E-state index in [2.05, 4.69) is 88.5 Å². The summed E-state index contributed by atoms with van der Waals surface area (Å²) in [6.07, 6.45) is 65.1. The Morgan fingerprint density at radius 2 is 0.553 bits per heavy atom. The Kier molecular flexibility index (Phi) is 65.9. The second kappa shape index (κ2) is 68.3. The first-order valence-electron chi connectivity index (χ1n) is 37.5. The van der Waals surface area contributed by atoms with E-state index in [1.807, 2.05) is 0 Å². The van der Waals surface area contributed by atoms with Crippen LogP contribution < -0.4 is 0 Å². The molecule has 0 heterocycles. The zero-order valence-electron chi connectivity index (χ0n) is 59.6. The fourth-order valence-corrected chi connectivity index (χ4v) is 11.7. The molecule has 94 heavy (non-hydrogen) atoms. The van der Waals surface area contributed by atoms with Crippen molar-refractivity contribution < 1.29 is 80.2 Å². The smallest absolute Gasteiger partial charge is 0.462 e. The zero-order valence-corrected chi connectivity index (χ0v) is 61.4. The lowest BCUT2D eigenvalue weighted by Gasteiger charge is -2.21. The summed E-state index contributed by atoms with van der Waals surface area (Å²) in [5.41, 5.74) is 0. The van der Waals surface area contributed by atoms with Gasteiger partial charge in [0.2, 0.25) is 0 Å². The van der Waals surface area contributed by atoms with Crippen LogP contribution in [0.2, 0.25) is 0 Å². The van der Waals surface area contributed by atoms with Gasteiger partial charge >= 0.3 is 39.5 Å². The molecule has 0 radical (unpaired) electrons. The predicted octanol–water partition coefficient (Wildman–Crippen LogP) is 21.1. The molecule has 0 spiro atoms. The summed E-state index contributed by atoms with van der Waals surface area (Å²) in [6.45, 7) is 4.75. The van der Waals surface area contributed by atoms with Crippen LogP contribution >= 0.6 is 15.6 Å². The molecule has 5 unspecified atom stereocenters. The van der Waals surface area contributed by atoms with Crippen molar-refractivity contribution in [2.75, 3.05) is 39.6 Å². The molecule has 548 valence electrons. The summed E-state index contributed by atoms with van der Waals surface area (Å²) in [6, 6.07) is 0. The summed E-state index contributed by atoms with van der Waals surface area (Å²) in [4.78, 5) is 72.7. The molecule has 0 rings (SSSR count). The molecule has 3 N–H and O–H groups in total. The van der Waals surface area contributed by atoms with Crippen molar-refractivity contribution in [2.45, 2.75) is 354 Å². The Labute approximate surface area is 571 Å². The maximum atomic E-state index is 13.0. The molecule has 0 aliphatic rings. The van der Waals surface area contributed by atoms with Crippen molar-refractivity contribution >= 4 is 39.5 Å². The van der Waals surface area contributed by atoms with Crippen molar-refractivity contribution in [1.29, 1.82) is 0 Å². The number of carbonyl (C=O) groups excluding carboxylic acids is 4. The number of ether oxygens (including phenoxy) is 4. The van der Waals surface area contributed by atoms with Crippen LogP contribution in [0.4, 0.5) is 0 Å². The maximum absolute atomic E-state index is 13.0. The van der Waals surface area contributed by atoms with Crippen LogP contribution in [0.5, 0.6) is 0 Å². The number of unbranched alkanes of at least 4 members (excludes halogenated alkanes) is 35. The third-order valence-corrected chi connectivity index (χ3v) is 17.8. The van der Waals surface area contributed by atoms with Gasteiger partial charge in [-0.1, -0.05) is 249 Å². The van der Waals surface area contributed by atoms with Gasteiger partial charge in [0.15, 0.2) is 12.2 Å². The van der Waals surface area contributed by atoms with Crippen LogP contribution in [0, 0.1) is 0 Å². The second-order valence-electron chi connectivity index (χ2n) is 25.2. The molecule has 0 aliphatic carbocycles. The van der Waals surface area contributed by atoms with Crippen molar-refractivity contribution in [3.8, 4) is 0 Å². The molecule has 0 aliphatic heterocycles. The van der Waals surface area contributed by atoms with Crippen LogP contribution in [-0.4, -0.2) is 96.7 Å². The standard InChI is InChI=1S/C75H136O17P2/c1-5-9-13-17-21-25-29-32-34-37-40-43-47-51-55-59-72(77)85-65-70(91-74(79)61-57-53-49-45-39-28-24-20-16-12-8-4)67-89-93(81,82)87-63-69(76)64-88-94(83,84)90-68-71(92-75(80)62-58-54-50-46-42-36-31-27-23-19-15-11-7-3)66-86-73(78)60-56-52-48-44-41-38-35-33-30-26-22-18-14-10-6-2/h15,19-20,24,27,31-35,69-71,76H,5-14,16-18,21-23,25-26,28-30,36-68H2,1-4H3,(H,81,82)(H,83,84)/b19-15-,24-20-,31-27-,34-32-,35-33-. The lowest BCUT2D eigenvalue weighted by Crippen LogP contribution is -2.30. The molecule has 0 fully saturated rings. The van der Waals surface area contributed by atoms with Gasteiger partial charge in [0.05, 0.1) is 26.4 Å². The number of phosphoric acid groups is 2. The number of rotatable bonds is 71. The van der Waals surface area contributed by atoms with E-state index in [9.17, 15) is 43.2 Å². The summed E-state index contributed by atoms with van der Waals surface area (Å²) in [5, 5.41) is 10.6. The molecule has 0 aromatic rings. The molecule has 0 aromatic carbocycles. The van der Waals surface area contributed by atoms with Gasteiger partial charge in [-0.15, -0.1) is 0 Å². The van der Waals surface area contributed by atoms with E-state index in [0.29, 0.717) is 25.7 Å². The summed E-state index contributed by atoms with van der Waals surface area (Å²) >= 11 is 0. The number of hydrogen-bond acceptors (Lipinski definition) is 15. The molecule has 0 aromatic heterocycles. The Morgan fingerprint density at radius 3 is 0.872 bits per heavy atom. The van der Waals surface area contributed by atoms with E-state index in [1.54, 1.807) is 0 Å². The van der Waals surface area contributed by atoms with Gasteiger partial charge in [0.1, 0.15) is 19.3 Å². The normalized spacial score (nSPS) is 14.3. The number of hydrogen-bond donors (Lipinski definition) is 3. The molecule has 0 amide bonds. The Balaban J connectivity index is 5.31. The highest BCUT2D eigenvalue weighted by molar-refractivity contribution is 7.47. The van der Waals surface area contributed by atoms with E-state index in [-0.39, 0.29) is 25.7 Å². The fourth-order valence-electron chi connectivity index (χ4n) is 10.1. The van der Waals surface area contributed by atoms with Gasteiger partial charge in [-0.05, 0) is 122 Å². The summed E-state index contributed by atoms with van der Waals surface area (Å²) in [7, 11) is -9.94. The highest BCUT2D eigenvalue weighted by atomic mass is 31.2. The molecular weight excluding hydrogens is 1230 g/mol. The number of aliphatic hydroxyl groups is 1. The zero-order chi connectivity index (χ0) is 69.0. The number of carbonyl (C=O) groups is 4. The highest BCUT2D eigenvalue weighted by Crippen LogP contribution is 2.45. The number of phosphoric ester groups is 2. The van der Waals surface area contributed by atoms with Gasteiger partial charge in [0, 0.05) is 25.7 Å². The summed E-state index contributed by atoms with van der Waals surface area (Å²) in [5.74, 6) is -2.20. The molecule has 17 nitrogen and oxygen atoms in total. The van der Waals surface area contributed by atoms with Crippen molar-refractivity contribution in [3.63, 3.8) is 0 Å². The van der Waals surface area contributed by atoms with Crippen molar-refractivity contribution in [3.05, 3.63) is 60.8 Å².